The highest BCUT2D eigenvalue weighted by Crippen LogP contribution is 2.34. The topological polar surface area (TPSA) is 63.2 Å². The molecule has 0 bridgehead atoms. The Morgan fingerprint density at radius 2 is 1.74 bits per heavy atom. The molecule has 19 heavy (non-hydrogen) atoms. The Hall–Kier alpha value is -0.320. The SMILES string of the molecule is O=C(Nc1cc(S(=O)(=O)Cl)c(Br)cc1Br)C(F)(F)F. The minimum atomic E-state index is -5.09. The van der Waals surface area contributed by atoms with Crippen molar-refractivity contribution in [2.45, 2.75) is 11.1 Å². The second kappa shape index (κ2) is 5.58. The van der Waals surface area contributed by atoms with Crippen LogP contribution in [0.5, 0.6) is 0 Å². The Labute approximate surface area is 127 Å². The Morgan fingerprint density at radius 1 is 1.21 bits per heavy atom. The number of hydrogen-bond donors (Lipinski definition) is 1. The van der Waals surface area contributed by atoms with Crippen LogP contribution in [0.3, 0.4) is 0 Å². The third kappa shape index (κ3) is 4.33. The van der Waals surface area contributed by atoms with Gasteiger partial charge < -0.3 is 5.32 Å². The number of anilines is 1. The Morgan fingerprint density at radius 3 is 2.16 bits per heavy atom. The van der Waals surface area contributed by atoms with Crippen LogP contribution in [0.15, 0.2) is 26.0 Å². The van der Waals surface area contributed by atoms with Gasteiger partial charge in [0.1, 0.15) is 0 Å². The maximum absolute atomic E-state index is 12.1. The summed E-state index contributed by atoms with van der Waals surface area (Å²) >= 11 is 5.79. The molecule has 0 spiro atoms. The van der Waals surface area contributed by atoms with Crippen molar-refractivity contribution >= 4 is 63.2 Å². The van der Waals surface area contributed by atoms with Crippen LogP contribution >= 0.6 is 42.5 Å². The van der Waals surface area contributed by atoms with Crippen molar-refractivity contribution < 1.29 is 26.4 Å². The van der Waals surface area contributed by atoms with Gasteiger partial charge >= 0.3 is 12.1 Å². The number of alkyl halides is 3. The molecule has 4 nitrogen and oxygen atoms in total. The highest BCUT2D eigenvalue weighted by molar-refractivity contribution is 9.11. The minimum Gasteiger partial charge on any atom is -0.317 e. The summed E-state index contributed by atoms with van der Waals surface area (Å²) in [5.74, 6) is -2.23. The predicted octanol–water partition coefficient (Wildman–Crippen LogP) is 3.64. The van der Waals surface area contributed by atoms with Gasteiger partial charge in [-0.15, -0.1) is 0 Å². The maximum Gasteiger partial charge on any atom is 0.471 e. The highest BCUT2D eigenvalue weighted by atomic mass is 79.9. The van der Waals surface area contributed by atoms with Gasteiger partial charge in [0.2, 0.25) is 0 Å². The third-order valence-electron chi connectivity index (χ3n) is 1.79. The number of amides is 1. The number of benzene rings is 1. The summed E-state index contributed by atoms with van der Waals surface area (Å²) in [6.07, 6.45) is -5.09. The molecule has 0 saturated heterocycles. The summed E-state index contributed by atoms with van der Waals surface area (Å²) in [5.41, 5.74) is -0.371. The van der Waals surface area contributed by atoms with Crippen molar-refractivity contribution in [3.8, 4) is 0 Å². The minimum absolute atomic E-state index is 0.0411. The van der Waals surface area contributed by atoms with E-state index < -0.39 is 26.0 Å². The number of halogens is 6. The molecule has 1 rings (SSSR count). The van der Waals surface area contributed by atoms with E-state index in [0.29, 0.717) is 0 Å². The fourth-order valence-electron chi connectivity index (χ4n) is 1.00. The Kier molecular flexibility index (Phi) is 4.92. The van der Waals surface area contributed by atoms with Crippen LogP contribution in [0, 0.1) is 0 Å². The van der Waals surface area contributed by atoms with Crippen LogP contribution in [-0.2, 0) is 13.8 Å². The number of hydrogen-bond acceptors (Lipinski definition) is 3. The zero-order valence-electron chi connectivity index (χ0n) is 8.56. The lowest BCUT2D eigenvalue weighted by atomic mass is 10.3. The van der Waals surface area contributed by atoms with Crippen molar-refractivity contribution in [2.24, 2.45) is 0 Å². The van der Waals surface area contributed by atoms with Gasteiger partial charge in [0.15, 0.2) is 0 Å². The first kappa shape index (κ1) is 16.7. The molecule has 0 heterocycles. The largest absolute Gasteiger partial charge is 0.471 e. The summed E-state index contributed by atoms with van der Waals surface area (Å²) in [6, 6.07) is 1.96. The van der Waals surface area contributed by atoms with Gasteiger partial charge in [-0.2, -0.15) is 13.2 Å². The van der Waals surface area contributed by atoms with E-state index >= 15 is 0 Å². The number of rotatable bonds is 2. The molecule has 0 aliphatic heterocycles. The van der Waals surface area contributed by atoms with E-state index in [1.807, 2.05) is 0 Å². The second-order valence-electron chi connectivity index (χ2n) is 3.15. The van der Waals surface area contributed by atoms with Crippen molar-refractivity contribution in [1.29, 1.82) is 0 Å². The van der Waals surface area contributed by atoms with Gasteiger partial charge in [-0.1, -0.05) is 0 Å². The zero-order chi connectivity index (χ0) is 15.0. The quantitative estimate of drug-likeness (QED) is 0.707. The van der Waals surface area contributed by atoms with Gasteiger partial charge in [0, 0.05) is 19.6 Å². The smallest absolute Gasteiger partial charge is 0.317 e. The summed E-state index contributed by atoms with van der Waals surface area (Å²) < 4.78 is 58.8. The van der Waals surface area contributed by atoms with Gasteiger partial charge in [-0.25, -0.2) is 8.42 Å². The second-order valence-corrected chi connectivity index (χ2v) is 7.40. The molecule has 0 aliphatic carbocycles. The molecule has 1 aromatic carbocycles. The van der Waals surface area contributed by atoms with E-state index in [0.717, 1.165) is 12.1 Å². The first-order valence-corrected chi connectivity index (χ1v) is 8.14. The van der Waals surface area contributed by atoms with E-state index in [-0.39, 0.29) is 14.6 Å². The summed E-state index contributed by atoms with van der Waals surface area (Å²) in [7, 11) is 0.935. The van der Waals surface area contributed by atoms with Gasteiger partial charge in [-0.3, -0.25) is 4.79 Å². The lowest BCUT2D eigenvalue weighted by Crippen LogP contribution is -2.30. The summed E-state index contributed by atoms with van der Waals surface area (Å²) in [6.45, 7) is 0. The highest BCUT2D eigenvalue weighted by Gasteiger charge is 2.39. The Bertz CT molecular complexity index is 633. The predicted molar refractivity (Wildman–Crippen MR) is 69.6 cm³/mol. The molecule has 0 fully saturated rings. The molecule has 1 amide bonds. The molecule has 1 aromatic rings. The molecule has 0 saturated carbocycles. The molecule has 1 N–H and O–H groups in total. The average Bonchev–Trinajstić information content (AvgIpc) is 2.18. The number of carbonyl (C=O) groups is 1. The molecule has 0 aliphatic rings. The lowest BCUT2D eigenvalue weighted by Gasteiger charge is -2.11. The van der Waals surface area contributed by atoms with E-state index in [1.165, 1.54) is 5.32 Å². The maximum atomic E-state index is 12.1. The van der Waals surface area contributed by atoms with Crippen molar-refractivity contribution in [3.63, 3.8) is 0 Å². The molecular formula is C8H3Br2ClF3NO3S. The Balaban J connectivity index is 3.28. The molecule has 0 atom stereocenters. The van der Waals surface area contributed by atoms with E-state index in [2.05, 4.69) is 31.9 Å². The molecule has 0 unspecified atom stereocenters. The monoisotopic (exact) mass is 443 g/mol. The first-order valence-electron chi connectivity index (χ1n) is 4.25. The summed E-state index contributed by atoms with van der Waals surface area (Å²) in [5, 5.41) is 1.54. The van der Waals surface area contributed by atoms with E-state index in [4.69, 9.17) is 10.7 Å². The molecule has 0 radical (unpaired) electrons. The van der Waals surface area contributed by atoms with E-state index in [1.54, 1.807) is 0 Å². The average molecular weight is 445 g/mol. The van der Waals surface area contributed by atoms with Crippen LogP contribution < -0.4 is 5.32 Å². The van der Waals surface area contributed by atoms with Crippen molar-refractivity contribution in [2.75, 3.05) is 5.32 Å². The fraction of sp³-hybridized carbons (Fsp3) is 0.125. The summed E-state index contributed by atoms with van der Waals surface area (Å²) in [4.78, 5) is 10.3. The first-order chi connectivity index (χ1) is 8.43. The standard InChI is InChI=1S/C8H3Br2ClF3NO3S/c9-3-1-4(10)6(19(11,17)18)2-5(3)15-7(16)8(12,13)14/h1-2H,(H,15,16). The molecule has 11 heteroatoms. The zero-order valence-corrected chi connectivity index (χ0v) is 13.3. The van der Waals surface area contributed by atoms with Crippen LogP contribution in [0.1, 0.15) is 0 Å². The van der Waals surface area contributed by atoms with Gasteiger partial charge in [-0.05, 0) is 44.0 Å². The number of carbonyl (C=O) groups excluding carboxylic acids is 1. The molecule has 106 valence electrons. The van der Waals surface area contributed by atoms with Crippen LogP contribution in [-0.4, -0.2) is 20.5 Å². The normalized spacial score (nSPS) is 12.3. The van der Waals surface area contributed by atoms with Gasteiger partial charge in [0.25, 0.3) is 9.05 Å². The molecule has 0 aromatic heterocycles. The molecular weight excluding hydrogens is 442 g/mol. The third-order valence-corrected chi connectivity index (χ3v) is 4.73. The van der Waals surface area contributed by atoms with Crippen molar-refractivity contribution in [1.82, 2.24) is 0 Å². The van der Waals surface area contributed by atoms with Crippen LogP contribution in [0.4, 0.5) is 18.9 Å². The van der Waals surface area contributed by atoms with Crippen molar-refractivity contribution in [3.05, 3.63) is 21.1 Å². The number of nitrogens with one attached hydrogen (secondary N) is 1. The van der Waals surface area contributed by atoms with Crippen LogP contribution in [0.25, 0.3) is 0 Å². The van der Waals surface area contributed by atoms with Crippen LogP contribution in [0.2, 0.25) is 0 Å². The fourth-order valence-corrected chi connectivity index (χ4v) is 3.95. The lowest BCUT2D eigenvalue weighted by molar-refractivity contribution is -0.167. The van der Waals surface area contributed by atoms with Gasteiger partial charge in [0.05, 0.1) is 10.6 Å². The van der Waals surface area contributed by atoms with E-state index in [9.17, 15) is 26.4 Å².